The lowest BCUT2D eigenvalue weighted by molar-refractivity contribution is 0.139. The smallest absolute Gasteiger partial charge is 0.229 e. The number of nitriles is 1. The zero-order valence-corrected chi connectivity index (χ0v) is 12.5. The van der Waals surface area contributed by atoms with Crippen molar-refractivity contribution in [3.05, 3.63) is 47.8 Å². The molecular weight excluding hydrogens is 297 g/mol. The second-order valence-electron chi connectivity index (χ2n) is 5.29. The molecule has 2 aliphatic heterocycles. The van der Waals surface area contributed by atoms with Gasteiger partial charge in [0.1, 0.15) is 6.07 Å². The second-order valence-corrected chi connectivity index (χ2v) is 5.29. The zero-order chi connectivity index (χ0) is 16.1. The quantitative estimate of drug-likeness (QED) is 0.748. The minimum absolute atomic E-state index is 0.0716. The Kier molecular flexibility index (Phi) is 4.38. The van der Waals surface area contributed by atoms with E-state index < -0.39 is 5.67 Å². The highest BCUT2D eigenvalue weighted by molar-refractivity contribution is 5.38. The summed E-state index contributed by atoms with van der Waals surface area (Å²) in [5, 5.41) is 8.69. The molecule has 1 unspecified atom stereocenters. The number of alkyl halides is 1. The molecule has 0 saturated heterocycles. The maximum atomic E-state index is 13.8. The molecule has 0 amide bonds. The Hall–Kier alpha value is -2.68. The van der Waals surface area contributed by atoms with Crippen LogP contribution in [0.25, 0.3) is 0 Å². The van der Waals surface area contributed by atoms with Gasteiger partial charge in [0, 0.05) is 24.4 Å². The van der Waals surface area contributed by atoms with Gasteiger partial charge in [-0.3, -0.25) is 0 Å². The van der Waals surface area contributed by atoms with Crippen molar-refractivity contribution in [3.63, 3.8) is 0 Å². The van der Waals surface area contributed by atoms with Crippen LogP contribution in [0, 0.1) is 11.3 Å². The van der Waals surface area contributed by atoms with Crippen LogP contribution in [0.1, 0.15) is 24.0 Å². The van der Waals surface area contributed by atoms with Crippen molar-refractivity contribution in [2.24, 2.45) is 0 Å². The van der Waals surface area contributed by atoms with Crippen molar-refractivity contribution >= 4 is 0 Å². The summed E-state index contributed by atoms with van der Waals surface area (Å²) in [5.74, 6) is 1.06. The first-order chi connectivity index (χ1) is 11.2. The van der Waals surface area contributed by atoms with Crippen molar-refractivity contribution in [2.45, 2.75) is 24.9 Å². The first-order valence-corrected chi connectivity index (χ1v) is 7.48. The van der Waals surface area contributed by atoms with Crippen molar-refractivity contribution in [2.75, 3.05) is 13.2 Å². The molecule has 4 rings (SSSR count). The van der Waals surface area contributed by atoms with Gasteiger partial charge in [0.15, 0.2) is 0 Å². The van der Waals surface area contributed by atoms with Gasteiger partial charge in [0.05, 0.1) is 18.8 Å². The number of ether oxygens (including phenoxy) is 2. The van der Waals surface area contributed by atoms with Gasteiger partial charge in [0.25, 0.3) is 0 Å². The molecule has 5 nitrogen and oxygen atoms in total. The highest BCUT2D eigenvalue weighted by Crippen LogP contribution is 2.37. The molecule has 0 spiro atoms. The van der Waals surface area contributed by atoms with Gasteiger partial charge in [-0.15, -0.1) is 0 Å². The molecule has 1 atom stereocenters. The fourth-order valence-electron chi connectivity index (χ4n) is 2.52. The summed E-state index contributed by atoms with van der Waals surface area (Å²) in [5.41, 5.74) is -0.445. The average Bonchev–Trinajstić information content (AvgIpc) is 2.63. The molecule has 2 aromatic heterocycles. The van der Waals surface area contributed by atoms with E-state index in [4.69, 9.17) is 14.7 Å². The predicted molar refractivity (Wildman–Crippen MR) is 80.8 cm³/mol. The van der Waals surface area contributed by atoms with E-state index in [0.29, 0.717) is 0 Å². The molecule has 2 aromatic rings. The Morgan fingerprint density at radius 2 is 1.83 bits per heavy atom. The average molecular weight is 313 g/mol. The first kappa shape index (κ1) is 15.2. The molecule has 0 fully saturated rings. The summed E-state index contributed by atoms with van der Waals surface area (Å²) in [6.07, 6.45) is 5.59. The van der Waals surface area contributed by atoms with E-state index in [1.807, 2.05) is 6.07 Å². The first-order valence-electron chi connectivity index (χ1n) is 7.48. The van der Waals surface area contributed by atoms with E-state index >= 15 is 0 Å². The number of pyridine rings is 2. The standard InChI is InChI=1S/C9H7FN2O.C8H9NO/c10-9(6-11)3-5-13-8-7(9)2-1-4-12-8;1-3-7-4-2-6-10-8(7)9-5-1/h1-2,4H,3,5H2;1,3,5H,2,4,6H2. The van der Waals surface area contributed by atoms with E-state index in [1.165, 1.54) is 17.8 Å². The molecule has 0 N–H and O–H groups in total. The summed E-state index contributed by atoms with van der Waals surface area (Å²) in [4.78, 5) is 7.95. The number of rotatable bonds is 0. The highest BCUT2D eigenvalue weighted by Gasteiger charge is 2.38. The molecule has 118 valence electrons. The van der Waals surface area contributed by atoms with Crippen LogP contribution in [0.5, 0.6) is 11.8 Å². The number of aryl methyl sites for hydroxylation is 1. The minimum atomic E-state index is -1.93. The van der Waals surface area contributed by atoms with Crippen LogP contribution in [-0.4, -0.2) is 23.2 Å². The van der Waals surface area contributed by atoms with E-state index in [-0.39, 0.29) is 24.5 Å². The Balaban J connectivity index is 0.000000140. The Morgan fingerprint density at radius 3 is 2.61 bits per heavy atom. The molecule has 23 heavy (non-hydrogen) atoms. The second kappa shape index (κ2) is 6.61. The lowest BCUT2D eigenvalue weighted by Gasteiger charge is -2.24. The number of nitrogens with zero attached hydrogens (tertiary/aromatic N) is 3. The van der Waals surface area contributed by atoms with E-state index in [1.54, 1.807) is 18.3 Å². The van der Waals surface area contributed by atoms with E-state index in [2.05, 4.69) is 16.0 Å². The van der Waals surface area contributed by atoms with Crippen LogP contribution in [0.15, 0.2) is 36.7 Å². The SMILES string of the molecule is N#CC1(F)CCOc2ncccc21.c1cnc2c(c1)CCCO2. The molecule has 0 aromatic carbocycles. The largest absolute Gasteiger partial charge is 0.477 e. The van der Waals surface area contributed by atoms with Gasteiger partial charge < -0.3 is 9.47 Å². The van der Waals surface area contributed by atoms with Gasteiger partial charge >= 0.3 is 0 Å². The van der Waals surface area contributed by atoms with Crippen molar-refractivity contribution in [1.29, 1.82) is 5.26 Å². The summed E-state index contributed by atoms with van der Waals surface area (Å²) < 4.78 is 24.2. The van der Waals surface area contributed by atoms with Crippen molar-refractivity contribution < 1.29 is 13.9 Å². The fourth-order valence-corrected chi connectivity index (χ4v) is 2.52. The number of fused-ring (bicyclic) bond motifs is 2. The van der Waals surface area contributed by atoms with Crippen LogP contribution in [-0.2, 0) is 12.1 Å². The topological polar surface area (TPSA) is 68.0 Å². The monoisotopic (exact) mass is 313 g/mol. The molecular formula is C17H16FN3O2. The van der Waals surface area contributed by atoms with Gasteiger partial charge in [-0.1, -0.05) is 6.07 Å². The van der Waals surface area contributed by atoms with Crippen LogP contribution >= 0.6 is 0 Å². The number of hydrogen-bond acceptors (Lipinski definition) is 5. The van der Waals surface area contributed by atoms with Crippen LogP contribution in [0.2, 0.25) is 0 Å². The van der Waals surface area contributed by atoms with Gasteiger partial charge in [-0.25, -0.2) is 14.4 Å². The minimum Gasteiger partial charge on any atom is -0.477 e. The zero-order valence-electron chi connectivity index (χ0n) is 12.5. The normalized spacial score (nSPS) is 21.2. The summed E-state index contributed by atoms with van der Waals surface area (Å²) in [7, 11) is 0. The fraction of sp³-hybridized carbons (Fsp3) is 0.353. The molecule has 2 aliphatic rings. The molecule has 6 heteroatoms. The van der Waals surface area contributed by atoms with E-state index in [9.17, 15) is 4.39 Å². The highest BCUT2D eigenvalue weighted by atomic mass is 19.1. The molecule has 0 bridgehead atoms. The molecule has 0 saturated carbocycles. The van der Waals surface area contributed by atoms with Crippen LogP contribution in [0.4, 0.5) is 4.39 Å². The number of aromatic nitrogens is 2. The predicted octanol–water partition coefficient (Wildman–Crippen LogP) is 2.96. The van der Waals surface area contributed by atoms with Crippen molar-refractivity contribution in [1.82, 2.24) is 9.97 Å². The van der Waals surface area contributed by atoms with Crippen LogP contribution < -0.4 is 9.47 Å². The summed E-state index contributed by atoms with van der Waals surface area (Å²) in [6, 6.07) is 8.80. The third kappa shape index (κ3) is 3.24. The van der Waals surface area contributed by atoms with Crippen molar-refractivity contribution in [3.8, 4) is 17.8 Å². The summed E-state index contributed by atoms with van der Waals surface area (Å²) in [6.45, 7) is 1.03. The van der Waals surface area contributed by atoms with Gasteiger partial charge in [-0.2, -0.15) is 5.26 Å². The lowest BCUT2D eigenvalue weighted by atomic mass is 9.93. The van der Waals surface area contributed by atoms with Gasteiger partial charge in [-0.05, 0) is 31.0 Å². The Labute approximate surface area is 133 Å². The third-order valence-corrected chi connectivity index (χ3v) is 3.74. The maximum Gasteiger partial charge on any atom is 0.229 e. The number of halogens is 1. The van der Waals surface area contributed by atoms with E-state index in [0.717, 1.165) is 25.3 Å². The maximum absolute atomic E-state index is 13.8. The molecule has 4 heterocycles. The Bertz CT molecular complexity index is 707. The van der Waals surface area contributed by atoms with Crippen LogP contribution in [0.3, 0.4) is 0 Å². The summed E-state index contributed by atoms with van der Waals surface area (Å²) >= 11 is 0. The molecule has 0 aliphatic carbocycles. The van der Waals surface area contributed by atoms with Gasteiger partial charge in [0.2, 0.25) is 17.4 Å². The number of hydrogen-bond donors (Lipinski definition) is 0. The third-order valence-electron chi connectivity index (χ3n) is 3.74. The Morgan fingerprint density at radius 1 is 1.09 bits per heavy atom. The lowest BCUT2D eigenvalue weighted by Crippen LogP contribution is -2.27. The molecule has 0 radical (unpaired) electrons.